The molecule has 2 heteroatoms. The van der Waals surface area contributed by atoms with E-state index in [2.05, 4.69) is 0 Å². The summed E-state index contributed by atoms with van der Waals surface area (Å²) in [5.41, 5.74) is 2.87. The predicted molar refractivity (Wildman–Crippen MR) is 43.4 cm³/mol. The van der Waals surface area contributed by atoms with Gasteiger partial charge in [-0.05, 0) is 5.56 Å². The summed E-state index contributed by atoms with van der Waals surface area (Å²) in [6.07, 6.45) is 1.90. The Kier molecular flexibility index (Phi) is 2.92. The van der Waals surface area contributed by atoms with Gasteiger partial charge in [-0.3, -0.25) is 0 Å². The van der Waals surface area contributed by atoms with Crippen LogP contribution in [-0.2, 0) is 0 Å². The molecule has 1 rings (SSSR count). The molecule has 0 spiro atoms. The molecule has 1 aromatic carbocycles. The van der Waals surface area contributed by atoms with Crippen LogP contribution in [0.4, 0.5) is 0 Å². The van der Waals surface area contributed by atoms with E-state index in [0.29, 0.717) is 0 Å². The van der Waals surface area contributed by atoms with Crippen LogP contribution in [0.15, 0.2) is 36.0 Å². The predicted octanol–water partition coefficient (Wildman–Crippen LogP) is 1.27. The zero-order valence-corrected chi connectivity index (χ0v) is 6.49. The van der Waals surface area contributed by atoms with E-state index in [-0.39, 0.29) is 9.76 Å². The van der Waals surface area contributed by atoms with E-state index in [0.717, 1.165) is 5.56 Å². The molecular formula is C8H8OSi. The zero-order valence-electron chi connectivity index (χ0n) is 5.49. The highest BCUT2D eigenvalue weighted by Crippen LogP contribution is 1.99. The Morgan fingerprint density at radius 3 is 2.50 bits per heavy atom. The summed E-state index contributed by atoms with van der Waals surface area (Å²) in [5, 5.41) is 0. The van der Waals surface area contributed by atoms with E-state index >= 15 is 0 Å². The fourth-order valence-corrected chi connectivity index (χ4v) is 0.965. The second-order valence-electron chi connectivity index (χ2n) is 1.87. The van der Waals surface area contributed by atoms with Gasteiger partial charge in [-0.15, -0.1) is 0 Å². The van der Waals surface area contributed by atoms with Crippen molar-refractivity contribution in [2.24, 2.45) is 0 Å². The lowest BCUT2D eigenvalue weighted by Gasteiger charge is -1.87. The molecule has 0 amide bonds. The topological polar surface area (TPSA) is 20.2 Å². The summed E-state index contributed by atoms with van der Waals surface area (Å²) in [6.45, 7) is 0. The highest BCUT2D eigenvalue weighted by atomic mass is 28.2. The Labute approximate surface area is 63.0 Å². The summed E-state index contributed by atoms with van der Waals surface area (Å²) < 4.78 is 0. The first-order valence-corrected chi connectivity index (χ1v) is 4.07. The molecule has 50 valence electrons. The third-order valence-electron chi connectivity index (χ3n) is 1.15. The summed E-state index contributed by atoms with van der Waals surface area (Å²) in [7, 11) is -0.0972. The van der Waals surface area contributed by atoms with Gasteiger partial charge in [0.15, 0.2) is 0 Å². The lowest BCUT2D eigenvalue weighted by atomic mass is 10.2. The van der Waals surface area contributed by atoms with Crippen LogP contribution in [0.5, 0.6) is 0 Å². The largest absolute Gasteiger partial charge is 0.428 e. The highest BCUT2D eigenvalue weighted by molar-refractivity contribution is 6.33. The van der Waals surface area contributed by atoms with Crippen molar-refractivity contribution in [3.8, 4) is 0 Å². The smallest absolute Gasteiger partial charge is 0.257 e. The van der Waals surface area contributed by atoms with Gasteiger partial charge in [-0.2, -0.15) is 0 Å². The highest BCUT2D eigenvalue weighted by Gasteiger charge is 1.80. The van der Waals surface area contributed by atoms with Crippen LogP contribution in [-0.4, -0.2) is 14.6 Å². The molecule has 0 aliphatic heterocycles. The van der Waals surface area contributed by atoms with Gasteiger partial charge in [-0.25, -0.2) is 0 Å². The molecule has 0 aliphatic rings. The van der Waals surface area contributed by atoms with Crippen molar-refractivity contribution >= 4 is 15.8 Å². The first-order valence-electron chi connectivity index (χ1n) is 3.04. The number of benzene rings is 1. The van der Waals surface area contributed by atoms with Crippen LogP contribution < -0.4 is 0 Å². The van der Waals surface area contributed by atoms with Gasteiger partial charge in [0, 0.05) is 0 Å². The normalized spacial score (nSPS) is 10.5. The number of hydrogen-bond acceptors (Lipinski definition) is 1. The van der Waals surface area contributed by atoms with Crippen molar-refractivity contribution in [2.75, 3.05) is 0 Å². The van der Waals surface area contributed by atoms with Crippen molar-refractivity contribution in [2.45, 2.75) is 0 Å². The summed E-state index contributed by atoms with van der Waals surface area (Å²) >= 11 is 0. The number of hydrogen-bond donors (Lipinski definition) is 1. The molecule has 0 heterocycles. The Balaban J connectivity index is 2.67. The minimum absolute atomic E-state index is 0.0972. The van der Waals surface area contributed by atoms with E-state index in [4.69, 9.17) is 4.80 Å². The van der Waals surface area contributed by atoms with Gasteiger partial charge >= 0.3 is 0 Å². The Hall–Kier alpha value is -0.863. The fourth-order valence-electron chi connectivity index (χ4n) is 0.698. The van der Waals surface area contributed by atoms with Gasteiger partial charge in [0.2, 0.25) is 0 Å². The summed E-state index contributed by atoms with van der Waals surface area (Å²) in [5.74, 6) is 0. The van der Waals surface area contributed by atoms with Crippen LogP contribution in [0.1, 0.15) is 5.56 Å². The minimum atomic E-state index is -0.0972. The van der Waals surface area contributed by atoms with Gasteiger partial charge in [0.05, 0.1) is 0 Å². The Morgan fingerprint density at radius 2 is 1.90 bits per heavy atom. The molecule has 1 N–H and O–H groups in total. The monoisotopic (exact) mass is 148 g/mol. The Bertz CT molecular complexity index is 206. The molecular weight excluding hydrogens is 140 g/mol. The van der Waals surface area contributed by atoms with E-state index < -0.39 is 0 Å². The Morgan fingerprint density at radius 1 is 1.20 bits per heavy atom. The maximum absolute atomic E-state index is 8.47. The molecule has 1 nitrogen and oxygen atoms in total. The molecule has 1 aromatic rings. The summed E-state index contributed by atoms with van der Waals surface area (Å²) in [6, 6.07) is 9.91. The van der Waals surface area contributed by atoms with Crippen molar-refractivity contribution < 1.29 is 4.80 Å². The van der Waals surface area contributed by atoms with Crippen LogP contribution in [0.25, 0.3) is 6.08 Å². The lowest BCUT2D eigenvalue weighted by Crippen LogP contribution is -1.77. The molecule has 0 aliphatic carbocycles. The maximum Gasteiger partial charge on any atom is 0.257 e. The average molecular weight is 148 g/mol. The SMILES string of the molecule is O[Si]/C=C/c1ccccc1. The van der Waals surface area contributed by atoms with Gasteiger partial charge in [0.1, 0.15) is 0 Å². The molecule has 0 aromatic heterocycles. The molecule has 0 unspecified atom stereocenters. The molecule has 0 atom stereocenters. The number of rotatable bonds is 2. The fraction of sp³-hybridized carbons (Fsp3) is 0. The van der Waals surface area contributed by atoms with Gasteiger partial charge < -0.3 is 4.80 Å². The van der Waals surface area contributed by atoms with Crippen molar-refractivity contribution in [3.63, 3.8) is 0 Å². The minimum Gasteiger partial charge on any atom is -0.428 e. The van der Waals surface area contributed by atoms with Crippen LogP contribution in [0.3, 0.4) is 0 Å². The average Bonchev–Trinajstić information content (AvgIpc) is 2.03. The first kappa shape index (κ1) is 7.25. The molecule has 0 saturated carbocycles. The van der Waals surface area contributed by atoms with E-state index in [1.165, 1.54) is 0 Å². The molecule has 0 bridgehead atoms. The first-order chi connectivity index (χ1) is 4.93. The summed E-state index contributed by atoms with van der Waals surface area (Å²) in [4.78, 5) is 8.47. The molecule has 0 saturated heterocycles. The van der Waals surface area contributed by atoms with Gasteiger partial charge in [-0.1, -0.05) is 42.1 Å². The maximum atomic E-state index is 8.47. The standard InChI is InChI=1S/C8H8OSi/c9-10-7-6-8-4-2-1-3-5-8/h1-7,9H/b7-6+. The molecule has 2 radical (unpaired) electrons. The van der Waals surface area contributed by atoms with Crippen molar-refractivity contribution in [1.29, 1.82) is 0 Å². The second kappa shape index (κ2) is 4.03. The van der Waals surface area contributed by atoms with E-state index in [1.807, 2.05) is 36.4 Å². The zero-order chi connectivity index (χ0) is 7.23. The van der Waals surface area contributed by atoms with E-state index in [1.54, 1.807) is 5.70 Å². The van der Waals surface area contributed by atoms with Crippen molar-refractivity contribution in [3.05, 3.63) is 41.6 Å². The van der Waals surface area contributed by atoms with Gasteiger partial charge in [0.25, 0.3) is 9.76 Å². The quantitative estimate of drug-likeness (QED) is 0.626. The van der Waals surface area contributed by atoms with Crippen LogP contribution in [0, 0.1) is 0 Å². The third kappa shape index (κ3) is 2.17. The molecule has 10 heavy (non-hydrogen) atoms. The van der Waals surface area contributed by atoms with Crippen LogP contribution in [0.2, 0.25) is 0 Å². The van der Waals surface area contributed by atoms with Crippen molar-refractivity contribution in [1.82, 2.24) is 0 Å². The van der Waals surface area contributed by atoms with E-state index in [9.17, 15) is 0 Å². The third-order valence-corrected chi connectivity index (χ3v) is 1.47. The molecule has 0 fully saturated rings. The van der Waals surface area contributed by atoms with Crippen LogP contribution >= 0.6 is 0 Å². The second-order valence-corrected chi connectivity index (χ2v) is 2.46. The lowest BCUT2D eigenvalue weighted by molar-refractivity contribution is 0.615.